The Bertz CT molecular complexity index is 812. The third kappa shape index (κ3) is 2.08. The Labute approximate surface area is 123 Å². The van der Waals surface area contributed by atoms with Crippen molar-refractivity contribution in [2.24, 2.45) is 0 Å². The smallest absolute Gasteiger partial charge is 0.219 e. The first-order valence-electron chi connectivity index (χ1n) is 6.46. The van der Waals surface area contributed by atoms with Crippen LogP contribution >= 0.6 is 11.6 Å². The molecule has 0 aromatic carbocycles. The van der Waals surface area contributed by atoms with Crippen LogP contribution in [0, 0.1) is 0 Å². The van der Waals surface area contributed by atoms with Gasteiger partial charge in [0.2, 0.25) is 0 Å². The molecule has 0 radical (unpaired) electrons. The summed E-state index contributed by atoms with van der Waals surface area (Å²) in [4.78, 5) is 4.26. The number of alkyl halides is 2. The van der Waals surface area contributed by atoms with Gasteiger partial charge >= 0.3 is 6.55 Å². The Kier molecular flexibility index (Phi) is 2.72. The van der Waals surface area contributed by atoms with Crippen molar-refractivity contribution in [3.8, 4) is 0 Å². The van der Waals surface area contributed by atoms with Crippen LogP contribution in [0.4, 0.5) is 8.78 Å². The van der Waals surface area contributed by atoms with Crippen molar-refractivity contribution in [1.29, 1.82) is 0 Å². The topological polar surface area (TPSA) is 48.0 Å². The number of rotatable bonds is 3. The quantitative estimate of drug-likeness (QED) is 0.746. The number of aromatic nitrogens is 5. The standard InChI is InChI=1S/C13H10ClF2N5/c14-11-6-21-12(18-11)7(1-3-17-21)8-5-9(8)10-2-4-20(19-10)13(15)16/h1-4,6,8-9,13H,5H2/t8-,9+/m1/s1. The Morgan fingerprint density at radius 1 is 1.29 bits per heavy atom. The third-order valence-electron chi connectivity index (χ3n) is 3.76. The number of fused-ring (bicyclic) bond motifs is 1. The molecule has 108 valence electrons. The van der Waals surface area contributed by atoms with E-state index in [-0.39, 0.29) is 11.8 Å². The van der Waals surface area contributed by atoms with Gasteiger partial charge in [-0.1, -0.05) is 11.6 Å². The number of hydrogen-bond acceptors (Lipinski definition) is 3. The predicted octanol–water partition coefficient (Wildman–Crippen LogP) is 3.25. The average Bonchev–Trinajstić information content (AvgIpc) is 2.92. The van der Waals surface area contributed by atoms with Gasteiger partial charge in [0.05, 0.1) is 11.9 Å². The lowest BCUT2D eigenvalue weighted by Gasteiger charge is -2.01. The molecule has 0 aliphatic heterocycles. The van der Waals surface area contributed by atoms with Gasteiger partial charge in [-0.15, -0.1) is 0 Å². The van der Waals surface area contributed by atoms with E-state index in [1.165, 1.54) is 6.20 Å². The number of hydrogen-bond donors (Lipinski definition) is 0. The first kappa shape index (κ1) is 12.7. The van der Waals surface area contributed by atoms with Crippen molar-refractivity contribution in [2.45, 2.75) is 24.8 Å². The summed E-state index contributed by atoms with van der Waals surface area (Å²) < 4.78 is 27.4. The molecule has 0 spiro atoms. The van der Waals surface area contributed by atoms with E-state index >= 15 is 0 Å². The lowest BCUT2D eigenvalue weighted by Crippen LogP contribution is -1.99. The fourth-order valence-electron chi connectivity index (χ4n) is 2.70. The summed E-state index contributed by atoms with van der Waals surface area (Å²) in [5, 5.41) is 8.46. The van der Waals surface area contributed by atoms with E-state index in [1.54, 1.807) is 23.0 Å². The second-order valence-corrected chi connectivity index (χ2v) is 5.45. The predicted molar refractivity (Wildman–Crippen MR) is 71.6 cm³/mol. The highest BCUT2D eigenvalue weighted by molar-refractivity contribution is 6.29. The van der Waals surface area contributed by atoms with Crippen molar-refractivity contribution in [3.05, 3.63) is 47.1 Å². The summed E-state index contributed by atoms with van der Waals surface area (Å²) in [6.07, 6.45) is 5.51. The number of nitrogens with zero attached hydrogens (tertiary/aromatic N) is 5. The van der Waals surface area contributed by atoms with Gasteiger partial charge in [-0.05, 0) is 24.5 Å². The Balaban J connectivity index is 1.66. The first-order valence-corrected chi connectivity index (χ1v) is 6.84. The molecular formula is C13H10ClF2N5. The zero-order valence-corrected chi connectivity index (χ0v) is 11.5. The molecule has 0 unspecified atom stereocenters. The van der Waals surface area contributed by atoms with E-state index in [0.29, 0.717) is 21.2 Å². The van der Waals surface area contributed by atoms with E-state index in [9.17, 15) is 8.78 Å². The van der Waals surface area contributed by atoms with Crippen LogP contribution in [0.15, 0.2) is 30.7 Å². The lowest BCUT2D eigenvalue weighted by molar-refractivity contribution is 0.0562. The zero-order chi connectivity index (χ0) is 14.6. The minimum Gasteiger partial charge on any atom is -0.219 e. The fourth-order valence-corrected chi connectivity index (χ4v) is 2.87. The summed E-state index contributed by atoms with van der Waals surface area (Å²) >= 11 is 5.90. The SMILES string of the molecule is FC(F)n1ccc([C@H]2C[C@@H]2c2ccnn3cc(Cl)nc23)n1. The second-order valence-electron chi connectivity index (χ2n) is 5.07. The van der Waals surface area contributed by atoms with E-state index in [2.05, 4.69) is 15.2 Å². The van der Waals surface area contributed by atoms with Crippen molar-refractivity contribution in [3.63, 3.8) is 0 Å². The van der Waals surface area contributed by atoms with Gasteiger partial charge in [0, 0.05) is 23.9 Å². The largest absolute Gasteiger partial charge is 0.333 e. The van der Waals surface area contributed by atoms with Gasteiger partial charge in [-0.25, -0.2) is 14.2 Å². The maximum absolute atomic E-state index is 12.6. The van der Waals surface area contributed by atoms with Crippen LogP contribution in [-0.4, -0.2) is 24.4 Å². The molecule has 8 heteroatoms. The van der Waals surface area contributed by atoms with E-state index in [1.807, 2.05) is 6.07 Å². The normalized spacial score (nSPS) is 21.3. The fraction of sp³-hybridized carbons (Fsp3) is 0.308. The highest BCUT2D eigenvalue weighted by Gasteiger charge is 2.42. The molecule has 3 aromatic heterocycles. The molecule has 1 aliphatic rings. The molecular weight excluding hydrogens is 300 g/mol. The Morgan fingerprint density at radius 2 is 2.14 bits per heavy atom. The van der Waals surface area contributed by atoms with Gasteiger partial charge < -0.3 is 0 Å². The molecule has 0 saturated heterocycles. The van der Waals surface area contributed by atoms with Crippen molar-refractivity contribution in [1.82, 2.24) is 24.4 Å². The van der Waals surface area contributed by atoms with Gasteiger partial charge in [0.25, 0.3) is 0 Å². The van der Waals surface area contributed by atoms with Gasteiger partial charge in [-0.3, -0.25) is 0 Å². The Hall–Kier alpha value is -2.02. The maximum atomic E-state index is 12.6. The van der Waals surface area contributed by atoms with Crippen LogP contribution in [0.3, 0.4) is 0 Å². The first-order chi connectivity index (χ1) is 10.1. The molecule has 5 nitrogen and oxygen atoms in total. The molecule has 0 N–H and O–H groups in total. The molecule has 1 fully saturated rings. The van der Waals surface area contributed by atoms with Crippen LogP contribution in [0.5, 0.6) is 0 Å². The summed E-state index contributed by atoms with van der Waals surface area (Å²) in [7, 11) is 0. The van der Waals surface area contributed by atoms with Crippen LogP contribution in [0.2, 0.25) is 5.15 Å². The molecule has 2 atom stereocenters. The number of halogens is 3. The van der Waals surface area contributed by atoms with Crippen LogP contribution < -0.4 is 0 Å². The summed E-state index contributed by atoms with van der Waals surface area (Å²) in [5.74, 6) is 0.363. The van der Waals surface area contributed by atoms with Crippen LogP contribution in [-0.2, 0) is 0 Å². The molecule has 3 heterocycles. The van der Waals surface area contributed by atoms with Crippen molar-refractivity contribution >= 4 is 17.2 Å². The minimum absolute atomic E-state index is 0.145. The molecule has 1 aliphatic carbocycles. The van der Waals surface area contributed by atoms with E-state index in [0.717, 1.165) is 12.0 Å². The monoisotopic (exact) mass is 309 g/mol. The Morgan fingerprint density at radius 3 is 2.90 bits per heavy atom. The van der Waals surface area contributed by atoms with Gasteiger partial charge in [0.1, 0.15) is 5.15 Å². The zero-order valence-electron chi connectivity index (χ0n) is 10.7. The third-order valence-corrected chi connectivity index (χ3v) is 3.94. The highest BCUT2D eigenvalue weighted by Crippen LogP contribution is 2.54. The average molecular weight is 310 g/mol. The van der Waals surface area contributed by atoms with Crippen LogP contribution in [0.1, 0.15) is 36.1 Å². The van der Waals surface area contributed by atoms with Crippen molar-refractivity contribution in [2.75, 3.05) is 0 Å². The van der Waals surface area contributed by atoms with E-state index in [4.69, 9.17) is 11.6 Å². The summed E-state index contributed by atoms with van der Waals surface area (Å²) in [5.41, 5.74) is 2.42. The molecule has 4 rings (SSSR count). The van der Waals surface area contributed by atoms with Crippen LogP contribution in [0.25, 0.3) is 5.65 Å². The van der Waals surface area contributed by atoms with Gasteiger partial charge in [0.15, 0.2) is 5.65 Å². The molecule has 21 heavy (non-hydrogen) atoms. The lowest BCUT2D eigenvalue weighted by atomic mass is 10.1. The molecule has 3 aromatic rings. The maximum Gasteiger partial charge on any atom is 0.333 e. The molecule has 1 saturated carbocycles. The second kappa shape index (κ2) is 4.49. The minimum atomic E-state index is -2.60. The van der Waals surface area contributed by atoms with Gasteiger partial charge in [-0.2, -0.15) is 19.0 Å². The molecule has 0 bridgehead atoms. The highest BCUT2D eigenvalue weighted by atomic mass is 35.5. The number of imidazole rings is 1. The van der Waals surface area contributed by atoms with Crippen molar-refractivity contribution < 1.29 is 8.78 Å². The summed E-state index contributed by atoms with van der Waals surface area (Å²) in [6, 6.07) is 3.54. The molecule has 0 amide bonds. The van der Waals surface area contributed by atoms with E-state index < -0.39 is 6.55 Å². The summed E-state index contributed by atoms with van der Waals surface area (Å²) in [6.45, 7) is -2.60.